The molecule has 174 valence electrons. The number of hydrogen-bond donors (Lipinski definition) is 1. The van der Waals surface area contributed by atoms with E-state index in [9.17, 15) is 26.4 Å². The van der Waals surface area contributed by atoms with Crippen molar-refractivity contribution in [2.24, 2.45) is 0 Å². The van der Waals surface area contributed by atoms with Crippen LogP contribution in [0.1, 0.15) is 18.1 Å². The zero-order valence-corrected chi connectivity index (χ0v) is 19.1. The second-order valence-corrected chi connectivity index (χ2v) is 9.96. The molecule has 11 heteroatoms. The minimum absolute atomic E-state index is 0.122. The topological polar surface area (TPSA) is 69.7 Å². The van der Waals surface area contributed by atoms with E-state index in [2.05, 4.69) is 5.32 Å². The second-order valence-electron chi connectivity index (χ2n) is 7.59. The average Bonchev–Trinajstić information content (AvgIpc) is 2.75. The first kappa shape index (κ1) is 24.5. The summed E-state index contributed by atoms with van der Waals surface area (Å²) in [6.45, 7) is 4.44. The van der Waals surface area contributed by atoms with E-state index < -0.39 is 27.8 Å². The predicted molar refractivity (Wildman–Crippen MR) is 116 cm³/mol. The van der Waals surface area contributed by atoms with Crippen LogP contribution in [0, 0.1) is 6.92 Å². The third kappa shape index (κ3) is 5.43. The van der Waals surface area contributed by atoms with Crippen LogP contribution in [0.15, 0.2) is 47.4 Å². The fraction of sp³-hybridized carbons (Fsp3) is 0.381. The molecule has 1 aliphatic rings. The Bertz CT molecular complexity index is 1080. The van der Waals surface area contributed by atoms with E-state index in [4.69, 9.17) is 11.6 Å². The standard InChI is InChI=1S/C21H23ClF3N3O3S/c1-14-3-6-17(22)13-19(14)26-20(29)15(2)27-9-11-28(12-10-27)32(30,31)18-7-4-16(5-8-18)21(23,24)25/h3-8,13,15H,9-12H2,1-2H3,(H,26,29). The number of piperazine rings is 1. The quantitative estimate of drug-likeness (QED) is 0.689. The van der Waals surface area contributed by atoms with Gasteiger partial charge in [0.05, 0.1) is 16.5 Å². The Morgan fingerprint density at radius 3 is 2.22 bits per heavy atom. The van der Waals surface area contributed by atoms with E-state index >= 15 is 0 Å². The predicted octanol–water partition coefficient (Wildman–Crippen LogP) is 4.00. The van der Waals surface area contributed by atoms with Gasteiger partial charge in [-0.3, -0.25) is 9.69 Å². The Balaban J connectivity index is 1.62. The van der Waals surface area contributed by atoms with Crippen molar-refractivity contribution in [3.63, 3.8) is 0 Å². The van der Waals surface area contributed by atoms with Crippen LogP contribution in [-0.2, 0) is 21.0 Å². The maximum absolute atomic E-state index is 12.8. The lowest BCUT2D eigenvalue weighted by Crippen LogP contribution is -2.53. The normalized spacial score (nSPS) is 17.2. The Morgan fingerprint density at radius 2 is 1.66 bits per heavy atom. The molecule has 3 rings (SSSR count). The summed E-state index contributed by atoms with van der Waals surface area (Å²) in [5.41, 5.74) is 0.566. The summed E-state index contributed by atoms with van der Waals surface area (Å²) < 4.78 is 65.0. The van der Waals surface area contributed by atoms with Gasteiger partial charge in [0.25, 0.3) is 0 Å². The zero-order chi connectivity index (χ0) is 23.7. The van der Waals surface area contributed by atoms with Gasteiger partial charge in [-0.05, 0) is 55.8 Å². The molecule has 0 saturated carbocycles. The number of hydrogen-bond acceptors (Lipinski definition) is 4. The molecule has 1 aliphatic heterocycles. The highest BCUT2D eigenvalue weighted by molar-refractivity contribution is 7.89. The smallest absolute Gasteiger partial charge is 0.324 e. The van der Waals surface area contributed by atoms with E-state index in [-0.39, 0.29) is 23.9 Å². The lowest BCUT2D eigenvalue weighted by atomic mass is 10.1. The minimum atomic E-state index is -4.53. The van der Waals surface area contributed by atoms with Crippen molar-refractivity contribution in [3.8, 4) is 0 Å². The highest BCUT2D eigenvalue weighted by Gasteiger charge is 2.34. The van der Waals surface area contributed by atoms with Crippen LogP contribution in [0.2, 0.25) is 5.02 Å². The number of rotatable bonds is 5. The molecule has 2 aromatic carbocycles. The molecular weight excluding hydrogens is 467 g/mol. The van der Waals surface area contributed by atoms with Gasteiger partial charge in [0.1, 0.15) is 0 Å². The number of halogens is 4. The fourth-order valence-corrected chi connectivity index (χ4v) is 5.02. The van der Waals surface area contributed by atoms with Crippen molar-refractivity contribution >= 4 is 33.2 Å². The monoisotopic (exact) mass is 489 g/mol. The molecule has 1 saturated heterocycles. The van der Waals surface area contributed by atoms with Crippen molar-refractivity contribution in [3.05, 3.63) is 58.6 Å². The molecule has 0 bridgehead atoms. The molecule has 0 aliphatic carbocycles. The lowest BCUT2D eigenvalue weighted by Gasteiger charge is -2.36. The molecule has 1 fully saturated rings. The molecule has 1 atom stereocenters. The minimum Gasteiger partial charge on any atom is -0.324 e. The maximum Gasteiger partial charge on any atom is 0.416 e. The molecule has 0 spiro atoms. The summed E-state index contributed by atoms with van der Waals surface area (Å²) in [5, 5.41) is 3.34. The number of nitrogens with zero attached hydrogens (tertiary/aromatic N) is 2. The number of alkyl halides is 3. The first-order valence-electron chi connectivity index (χ1n) is 9.88. The van der Waals surface area contributed by atoms with Crippen molar-refractivity contribution in [2.45, 2.75) is 31.0 Å². The first-order chi connectivity index (χ1) is 14.9. The maximum atomic E-state index is 12.8. The van der Waals surface area contributed by atoms with Gasteiger partial charge in [-0.15, -0.1) is 0 Å². The van der Waals surface area contributed by atoms with Gasteiger partial charge in [0.2, 0.25) is 15.9 Å². The van der Waals surface area contributed by atoms with Crippen LogP contribution in [0.5, 0.6) is 0 Å². The number of nitrogens with one attached hydrogen (secondary N) is 1. The summed E-state index contributed by atoms with van der Waals surface area (Å²) in [4.78, 5) is 14.3. The number of benzene rings is 2. The summed E-state index contributed by atoms with van der Waals surface area (Å²) in [6.07, 6.45) is -4.53. The van der Waals surface area contributed by atoms with Gasteiger partial charge in [-0.2, -0.15) is 17.5 Å². The molecule has 1 heterocycles. The van der Waals surface area contributed by atoms with Crippen molar-refractivity contribution < 1.29 is 26.4 Å². The largest absolute Gasteiger partial charge is 0.416 e. The van der Waals surface area contributed by atoms with Crippen LogP contribution < -0.4 is 5.32 Å². The third-order valence-electron chi connectivity index (χ3n) is 5.48. The molecule has 32 heavy (non-hydrogen) atoms. The van der Waals surface area contributed by atoms with Crippen LogP contribution in [0.3, 0.4) is 0 Å². The van der Waals surface area contributed by atoms with E-state index in [0.29, 0.717) is 23.8 Å². The molecular formula is C21H23ClF3N3O3S. The highest BCUT2D eigenvalue weighted by Crippen LogP contribution is 2.30. The molecule has 0 aromatic heterocycles. The fourth-order valence-electron chi connectivity index (χ4n) is 3.43. The Kier molecular flexibility index (Phi) is 7.18. The highest BCUT2D eigenvalue weighted by atomic mass is 35.5. The summed E-state index contributed by atoms with van der Waals surface area (Å²) in [6, 6.07) is 8.13. The summed E-state index contributed by atoms with van der Waals surface area (Å²) >= 11 is 5.99. The third-order valence-corrected chi connectivity index (χ3v) is 7.63. The van der Waals surface area contributed by atoms with Crippen LogP contribution in [-0.4, -0.2) is 55.8 Å². The second kappa shape index (κ2) is 9.38. The number of carbonyl (C=O) groups is 1. The molecule has 1 unspecified atom stereocenters. The molecule has 1 amide bonds. The molecule has 2 aromatic rings. The first-order valence-corrected chi connectivity index (χ1v) is 11.7. The van der Waals surface area contributed by atoms with Crippen LogP contribution >= 0.6 is 11.6 Å². The average molecular weight is 490 g/mol. The van der Waals surface area contributed by atoms with Crippen molar-refractivity contribution in [1.29, 1.82) is 0 Å². The number of anilines is 1. The number of sulfonamides is 1. The van der Waals surface area contributed by atoms with E-state index in [1.807, 2.05) is 11.8 Å². The molecule has 6 nitrogen and oxygen atoms in total. The summed E-state index contributed by atoms with van der Waals surface area (Å²) in [5.74, 6) is -0.241. The van der Waals surface area contributed by atoms with Gasteiger partial charge in [0, 0.05) is 36.9 Å². The van der Waals surface area contributed by atoms with Gasteiger partial charge in [0.15, 0.2) is 0 Å². The Labute approximate surface area is 190 Å². The van der Waals surface area contributed by atoms with Gasteiger partial charge >= 0.3 is 6.18 Å². The number of amides is 1. The Hall–Kier alpha value is -2.14. The van der Waals surface area contributed by atoms with Gasteiger partial charge < -0.3 is 5.32 Å². The van der Waals surface area contributed by atoms with Crippen LogP contribution in [0.4, 0.5) is 18.9 Å². The SMILES string of the molecule is Cc1ccc(Cl)cc1NC(=O)C(C)N1CCN(S(=O)(=O)c2ccc(C(F)(F)F)cc2)CC1. The molecule has 1 N–H and O–H groups in total. The number of carbonyl (C=O) groups excluding carboxylic acids is 1. The van der Waals surface area contributed by atoms with Crippen molar-refractivity contribution in [1.82, 2.24) is 9.21 Å². The van der Waals surface area contributed by atoms with E-state index in [1.165, 1.54) is 4.31 Å². The number of aryl methyl sites for hydroxylation is 1. The zero-order valence-electron chi connectivity index (χ0n) is 17.5. The van der Waals surface area contributed by atoms with Gasteiger partial charge in [-0.25, -0.2) is 8.42 Å². The van der Waals surface area contributed by atoms with Crippen molar-refractivity contribution in [2.75, 3.05) is 31.5 Å². The summed E-state index contributed by atoms with van der Waals surface area (Å²) in [7, 11) is -3.93. The van der Waals surface area contributed by atoms with E-state index in [0.717, 1.165) is 29.8 Å². The lowest BCUT2D eigenvalue weighted by molar-refractivity contribution is -0.137. The van der Waals surface area contributed by atoms with Crippen LogP contribution in [0.25, 0.3) is 0 Å². The molecule has 0 radical (unpaired) electrons. The Morgan fingerprint density at radius 1 is 1.06 bits per heavy atom. The van der Waals surface area contributed by atoms with E-state index in [1.54, 1.807) is 25.1 Å². The van der Waals surface area contributed by atoms with Gasteiger partial charge in [-0.1, -0.05) is 17.7 Å².